The normalized spacial score (nSPS) is 20.2. The highest BCUT2D eigenvalue weighted by atomic mass is 19.1. The first-order valence-corrected chi connectivity index (χ1v) is 7.57. The summed E-state index contributed by atoms with van der Waals surface area (Å²) in [6.07, 6.45) is -0.375. The summed E-state index contributed by atoms with van der Waals surface area (Å²) >= 11 is 0. The van der Waals surface area contributed by atoms with E-state index in [1.54, 1.807) is 12.1 Å². The molecule has 2 aromatic carbocycles. The quantitative estimate of drug-likeness (QED) is 0.940. The first kappa shape index (κ1) is 16.4. The minimum Gasteiger partial charge on any atom is -0.497 e. The molecule has 1 saturated heterocycles. The number of carbonyl (C=O) groups is 1. The van der Waals surface area contributed by atoms with Crippen molar-refractivity contribution >= 4 is 5.91 Å². The van der Waals surface area contributed by atoms with Gasteiger partial charge in [0.05, 0.1) is 24.8 Å². The van der Waals surface area contributed by atoms with Crippen LogP contribution in [0.3, 0.4) is 0 Å². The Morgan fingerprint density at radius 2 is 1.92 bits per heavy atom. The molecule has 0 aliphatic carbocycles. The third-order valence-electron chi connectivity index (χ3n) is 4.20. The van der Waals surface area contributed by atoms with Crippen molar-refractivity contribution in [2.75, 3.05) is 13.7 Å². The molecule has 126 valence electrons. The van der Waals surface area contributed by atoms with Crippen molar-refractivity contribution in [2.24, 2.45) is 0 Å². The fourth-order valence-electron chi connectivity index (χ4n) is 2.99. The van der Waals surface area contributed by atoms with E-state index in [9.17, 15) is 18.7 Å². The van der Waals surface area contributed by atoms with E-state index >= 15 is 0 Å². The van der Waals surface area contributed by atoms with Gasteiger partial charge in [-0.25, -0.2) is 8.78 Å². The van der Waals surface area contributed by atoms with Gasteiger partial charge in [-0.1, -0.05) is 12.1 Å². The van der Waals surface area contributed by atoms with E-state index in [1.165, 1.54) is 36.3 Å². The van der Waals surface area contributed by atoms with Gasteiger partial charge >= 0.3 is 0 Å². The Kier molecular flexibility index (Phi) is 4.49. The van der Waals surface area contributed by atoms with E-state index < -0.39 is 23.9 Å². The van der Waals surface area contributed by atoms with Crippen LogP contribution in [-0.4, -0.2) is 35.7 Å². The van der Waals surface area contributed by atoms with Crippen molar-refractivity contribution in [3.05, 3.63) is 65.2 Å². The first-order valence-electron chi connectivity index (χ1n) is 7.57. The van der Waals surface area contributed by atoms with Gasteiger partial charge in [-0.2, -0.15) is 0 Å². The molecule has 2 aromatic rings. The summed E-state index contributed by atoms with van der Waals surface area (Å²) in [4.78, 5) is 14.1. The van der Waals surface area contributed by atoms with Crippen molar-refractivity contribution < 1.29 is 23.4 Å². The van der Waals surface area contributed by atoms with E-state index in [4.69, 9.17) is 4.74 Å². The number of carbonyl (C=O) groups excluding carboxylic acids is 1. The van der Waals surface area contributed by atoms with Gasteiger partial charge in [-0.15, -0.1) is 0 Å². The number of rotatable bonds is 3. The fraction of sp³-hybridized carbons (Fsp3) is 0.278. The molecule has 4 nitrogen and oxygen atoms in total. The predicted octanol–water partition coefficient (Wildman–Crippen LogP) is 2.92. The highest BCUT2D eigenvalue weighted by Gasteiger charge is 2.36. The van der Waals surface area contributed by atoms with Crippen LogP contribution >= 0.6 is 0 Å². The van der Waals surface area contributed by atoms with Crippen LogP contribution in [0.15, 0.2) is 42.5 Å². The van der Waals surface area contributed by atoms with E-state index in [1.807, 2.05) is 0 Å². The maximum atomic E-state index is 14.2. The summed E-state index contributed by atoms with van der Waals surface area (Å²) < 4.78 is 32.2. The molecule has 1 fully saturated rings. The lowest BCUT2D eigenvalue weighted by molar-refractivity contribution is 0.0711. The molecular formula is C18H17F2NO3. The molecule has 24 heavy (non-hydrogen) atoms. The standard InChI is InChI=1S/C18H17F2NO3/c1-24-14-6-7-15(16(20)9-14)18(23)21-10-13(22)8-17(21)11-2-4-12(19)5-3-11/h2-7,9,13,17,22H,8,10H2,1H3/t13-,17+/m0/s1. The summed E-state index contributed by atoms with van der Waals surface area (Å²) in [7, 11) is 1.41. The zero-order valence-electron chi connectivity index (χ0n) is 13.1. The second-order valence-corrected chi connectivity index (χ2v) is 5.76. The molecule has 0 unspecified atom stereocenters. The molecule has 1 aliphatic heterocycles. The molecule has 0 spiro atoms. The van der Waals surface area contributed by atoms with Gasteiger partial charge in [-0.05, 0) is 36.2 Å². The second-order valence-electron chi connectivity index (χ2n) is 5.76. The third kappa shape index (κ3) is 3.10. The molecule has 0 saturated carbocycles. The molecule has 0 bridgehead atoms. The lowest BCUT2D eigenvalue weighted by Crippen LogP contribution is -2.32. The molecular weight excluding hydrogens is 316 g/mol. The van der Waals surface area contributed by atoms with Crippen LogP contribution in [-0.2, 0) is 0 Å². The minimum absolute atomic E-state index is 0.0861. The van der Waals surface area contributed by atoms with Crippen LogP contribution in [0.25, 0.3) is 0 Å². The minimum atomic E-state index is -0.703. The molecule has 1 N–H and O–H groups in total. The van der Waals surface area contributed by atoms with Gasteiger partial charge < -0.3 is 14.7 Å². The van der Waals surface area contributed by atoms with Crippen LogP contribution in [0.4, 0.5) is 8.78 Å². The molecule has 1 aliphatic rings. The van der Waals surface area contributed by atoms with Gasteiger partial charge in [-0.3, -0.25) is 4.79 Å². The Balaban J connectivity index is 1.91. The lowest BCUT2D eigenvalue weighted by atomic mass is 10.0. The van der Waals surface area contributed by atoms with Crippen molar-refractivity contribution in [1.29, 1.82) is 0 Å². The monoisotopic (exact) mass is 333 g/mol. The van der Waals surface area contributed by atoms with Crippen LogP contribution in [0, 0.1) is 11.6 Å². The number of aliphatic hydroxyl groups is 1. The van der Waals surface area contributed by atoms with Gasteiger partial charge in [0.1, 0.15) is 17.4 Å². The van der Waals surface area contributed by atoms with Gasteiger partial charge in [0.2, 0.25) is 0 Å². The maximum absolute atomic E-state index is 14.2. The van der Waals surface area contributed by atoms with Crippen molar-refractivity contribution in [3.63, 3.8) is 0 Å². The zero-order chi connectivity index (χ0) is 17.3. The van der Waals surface area contributed by atoms with Crippen molar-refractivity contribution in [2.45, 2.75) is 18.6 Å². The van der Waals surface area contributed by atoms with Crippen molar-refractivity contribution in [3.8, 4) is 5.75 Å². The molecule has 6 heteroatoms. The number of ether oxygens (including phenoxy) is 1. The third-order valence-corrected chi connectivity index (χ3v) is 4.20. The molecule has 0 radical (unpaired) electrons. The topological polar surface area (TPSA) is 49.8 Å². The van der Waals surface area contributed by atoms with E-state index in [2.05, 4.69) is 0 Å². The van der Waals surface area contributed by atoms with Crippen LogP contribution < -0.4 is 4.74 Å². The lowest BCUT2D eigenvalue weighted by Gasteiger charge is -2.25. The number of hydrogen-bond acceptors (Lipinski definition) is 3. The van der Waals surface area contributed by atoms with Crippen molar-refractivity contribution in [1.82, 2.24) is 4.90 Å². The number of likely N-dealkylation sites (tertiary alicyclic amines) is 1. The Hall–Kier alpha value is -2.47. The SMILES string of the molecule is COc1ccc(C(=O)N2C[C@@H](O)C[C@@H]2c2ccc(F)cc2)c(F)c1. The maximum Gasteiger partial charge on any atom is 0.257 e. The number of methoxy groups -OCH3 is 1. The van der Waals surface area contributed by atoms with E-state index in [0.717, 1.165) is 6.07 Å². The number of halogens is 2. The largest absolute Gasteiger partial charge is 0.497 e. The Bertz CT molecular complexity index is 748. The average Bonchev–Trinajstić information content (AvgIpc) is 2.96. The number of benzene rings is 2. The second kappa shape index (κ2) is 6.57. The van der Waals surface area contributed by atoms with Gasteiger partial charge in [0.15, 0.2) is 0 Å². The van der Waals surface area contributed by atoms with E-state index in [0.29, 0.717) is 17.7 Å². The van der Waals surface area contributed by atoms with Gasteiger partial charge in [0, 0.05) is 12.6 Å². The first-order chi connectivity index (χ1) is 11.5. The zero-order valence-corrected chi connectivity index (χ0v) is 13.1. The molecule has 1 amide bonds. The predicted molar refractivity (Wildman–Crippen MR) is 83.8 cm³/mol. The fourth-order valence-corrected chi connectivity index (χ4v) is 2.99. The van der Waals surface area contributed by atoms with Crippen LogP contribution in [0.2, 0.25) is 0 Å². The molecule has 3 rings (SSSR count). The van der Waals surface area contributed by atoms with Crippen LogP contribution in [0.5, 0.6) is 5.75 Å². The Morgan fingerprint density at radius 1 is 1.21 bits per heavy atom. The van der Waals surface area contributed by atoms with Crippen LogP contribution in [0.1, 0.15) is 28.4 Å². The summed E-state index contributed by atoms with van der Waals surface area (Å²) in [6.45, 7) is 0.104. The number of β-amino-alcohol motifs (C(OH)–C–C–N with tert-alkyl or cyclic N) is 1. The van der Waals surface area contributed by atoms with Gasteiger partial charge in [0.25, 0.3) is 5.91 Å². The molecule has 0 aromatic heterocycles. The molecule has 1 heterocycles. The Labute approximate surface area is 138 Å². The number of nitrogens with zero attached hydrogens (tertiary/aromatic N) is 1. The number of amides is 1. The Morgan fingerprint density at radius 3 is 2.54 bits per heavy atom. The summed E-state index contributed by atoms with van der Waals surface area (Å²) in [5.74, 6) is -1.25. The number of hydrogen-bond donors (Lipinski definition) is 1. The summed E-state index contributed by atoms with van der Waals surface area (Å²) in [5.41, 5.74) is 0.618. The molecule has 2 atom stereocenters. The average molecular weight is 333 g/mol. The smallest absolute Gasteiger partial charge is 0.257 e. The summed E-state index contributed by atoms with van der Waals surface area (Å²) in [6, 6.07) is 9.35. The highest BCUT2D eigenvalue weighted by Crippen LogP contribution is 2.34. The van der Waals surface area contributed by atoms with E-state index in [-0.39, 0.29) is 17.9 Å². The summed E-state index contributed by atoms with van der Waals surface area (Å²) in [5, 5.41) is 9.95. The number of aliphatic hydroxyl groups excluding tert-OH is 1. The highest BCUT2D eigenvalue weighted by molar-refractivity contribution is 5.95.